The minimum Gasteiger partial charge on any atom is -0.478 e. The van der Waals surface area contributed by atoms with Crippen molar-refractivity contribution in [2.45, 2.75) is 13.3 Å². The summed E-state index contributed by atoms with van der Waals surface area (Å²) < 4.78 is 0. The van der Waals surface area contributed by atoms with Crippen molar-refractivity contribution < 1.29 is 14.7 Å². The van der Waals surface area contributed by atoms with Crippen LogP contribution in [0, 0.1) is 0 Å². The highest BCUT2D eigenvalue weighted by molar-refractivity contribution is 5.87. The fourth-order valence-electron chi connectivity index (χ4n) is 0.917. The second-order valence-corrected chi connectivity index (χ2v) is 2.83. The molecule has 76 valence electrons. The van der Waals surface area contributed by atoms with Crippen LogP contribution in [0.25, 0.3) is 0 Å². The van der Waals surface area contributed by atoms with E-state index >= 15 is 0 Å². The Morgan fingerprint density at radius 2 is 2.07 bits per heavy atom. The monoisotopic (exact) mass is 195 g/mol. The van der Waals surface area contributed by atoms with Gasteiger partial charge >= 0.3 is 5.97 Å². The van der Waals surface area contributed by atoms with Gasteiger partial charge in [0.1, 0.15) is 0 Å². The van der Waals surface area contributed by atoms with Crippen molar-refractivity contribution in [2.75, 3.05) is 12.1 Å². The van der Waals surface area contributed by atoms with E-state index in [0.717, 1.165) is 12.1 Å². The topological polar surface area (TPSA) is 58.6 Å². The molecule has 0 saturated carbocycles. The van der Waals surface area contributed by atoms with Crippen molar-refractivity contribution >= 4 is 11.7 Å². The summed E-state index contributed by atoms with van der Waals surface area (Å²) in [5.41, 5.74) is 3.74. The number of anilines is 1. The standard InChI is InChI=1S/C10H13NO3/c1-2-7-14-11-9-5-3-8(4-6-9)10(12)13/h3-6,11H,2,7H2,1H3,(H,12,13). The van der Waals surface area contributed by atoms with Crippen LogP contribution in [0.4, 0.5) is 5.69 Å². The third-order valence-corrected chi connectivity index (χ3v) is 1.63. The van der Waals surface area contributed by atoms with E-state index in [-0.39, 0.29) is 5.56 Å². The lowest BCUT2D eigenvalue weighted by molar-refractivity contribution is 0.0697. The van der Waals surface area contributed by atoms with Crippen LogP contribution in [-0.4, -0.2) is 17.7 Å². The Balaban J connectivity index is 2.51. The van der Waals surface area contributed by atoms with Crippen LogP contribution < -0.4 is 5.48 Å². The molecule has 4 heteroatoms. The Bertz CT molecular complexity index is 295. The minimum atomic E-state index is -0.925. The van der Waals surface area contributed by atoms with Gasteiger partial charge in [-0.15, -0.1) is 0 Å². The maximum Gasteiger partial charge on any atom is 0.335 e. The minimum absolute atomic E-state index is 0.269. The Kier molecular flexibility index (Phi) is 3.94. The molecule has 0 aromatic heterocycles. The van der Waals surface area contributed by atoms with Gasteiger partial charge in [-0.25, -0.2) is 4.79 Å². The molecule has 0 heterocycles. The molecule has 0 aliphatic heterocycles. The Morgan fingerprint density at radius 1 is 1.43 bits per heavy atom. The molecule has 0 fully saturated rings. The number of rotatable bonds is 5. The van der Waals surface area contributed by atoms with E-state index in [4.69, 9.17) is 9.94 Å². The summed E-state index contributed by atoms with van der Waals surface area (Å²) in [5, 5.41) is 8.64. The highest BCUT2D eigenvalue weighted by Crippen LogP contribution is 2.09. The van der Waals surface area contributed by atoms with Gasteiger partial charge in [0.05, 0.1) is 17.9 Å². The van der Waals surface area contributed by atoms with Gasteiger partial charge in [-0.3, -0.25) is 10.3 Å². The first-order valence-corrected chi connectivity index (χ1v) is 4.45. The normalized spacial score (nSPS) is 9.79. The molecule has 4 nitrogen and oxygen atoms in total. The molecule has 1 rings (SSSR count). The predicted molar refractivity (Wildman–Crippen MR) is 53.3 cm³/mol. The number of hydrogen-bond donors (Lipinski definition) is 2. The van der Waals surface area contributed by atoms with Crippen LogP contribution >= 0.6 is 0 Å². The van der Waals surface area contributed by atoms with Gasteiger partial charge in [-0.05, 0) is 30.7 Å². The van der Waals surface area contributed by atoms with E-state index in [1.165, 1.54) is 12.1 Å². The molecular weight excluding hydrogens is 182 g/mol. The average molecular weight is 195 g/mol. The predicted octanol–water partition coefficient (Wildman–Crippen LogP) is 2.14. The molecule has 2 N–H and O–H groups in total. The number of carboxylic acid groups (broad SMARTS) is 1. The largest absolute Gasteiger partial charge is 0.478 e. The van der Waals surface area contributed by atoms with Crippen molar-refractivity contribution in [1.29, 1.82) is 0 Å². The van der Waals surface area contributed by atoms with E-state index in [2.05, 4.69) is 5.48 Å². The summed E-state index contributed by atoms with van der Waals surface area (Å²) in [5.74, 6) is -0.925. The second-order valence-electron chi connectivity index (χ2n) is 2.83. The second kappa shape index (κ2) is 5.24. The zero-order valence-corrected chi connectivity index (χ0v) is 7.99. The van der Waals surface area contributed by atoms with E-state index in [9.17, 15) is 4.79 Å². The van der Waals surface area contributed by atoms with Crippen LogP contribution in [0.5, 0.6) is 0 Å². The van der Waals surface area contributed by atoms with Crippen molar-refractivity contribution in [3.05, 3.63) is 29.8 Å². The summed E-state index contributed by atoms with van der Waals surface area (Å²) in [6, 6.07) is 6.39. The lowest BCUT2D eigenvalue weighted by atomic mass is 10.2. The first kappa shape index (κ1) is 10.5. The van der Waals surface area contributed by atoms with Crippen LogP contribution in [-0.2, 0) is 4.84 Å². The molecule has 0 radical (unpaired) electrons. The van der Waals surface area contributed by atoms with Crippen molar-refractivity contribution in [3.63, 3.8) is 0 Å². The number of hydrogen-bond acceptors (Lipinski definition) is 3. The van der Waals surface area contributed by atoms with Crippen molar-refractivity contribution in [1.82, 2.24) is 0 Å². The molecular formula is C10H13NO3. The molecule has 1 aromatic rings. The van der Waals surface area contributed by atoms with Crippen LogP contribution in [0.3, 0.4) is 0 Å². The molecule has 14 heavy (non-hydrogen) atoms. The van der Waals surface area contributed by atoms with Gasteiger partial charge in [0, 0.05) is 0 Å². The van der Waals surface area contributed by atoms with E-state index in [0.29, 0.717) is 6.61 Å². The molecule has 0 bridgehead atoms. The lowest BCUT2D eigenvalue weighted by Crippen LogP contribution is -2.02. The van der Waals surface area contributed by atoms with Crippen molar-refractivity contribution in [3.8, 4) is 0 Å². The molecule has 1 aromatic carbocycles. The molecule has 0 amide bonds. The molecule has 0 aliphatic rings. The third kappa shape index (κ3) is 3.06. The average Bonchev–Trinajstić information content (AvgIpc) is 2.19. The summed E-state index contributed by atoms with van der Waals surface area (Å²) in [4.78, 5) is 15.6. The fourth-order valence-corrected chi connectivity index (χ4v) is 0.917. The van der Waals surface area contributed by atoms with Gasteiger partial charge < -0.3 is 5.11 Å². The first-order chi connectivity index (χ1) is 6.74. The third-order valence-electron chi connectivity index (χ3n) is 1.63. The first-order valence-electron chi connectivity index (χ1n) is 4.45. The highest BCUT2D eigenvalue weighted by atomic mass is 16.6. The lowest BCUT2D eigenvalue weighted by Gasteiger charge is -2.05. The zero-order valence-electron chi connectivity index (χ0n) is 7.99. The van der Waals surface area contributed by atoms with Crippen molar-refractivity contribution in [2.24, 2.45) is 0 Å². The summed E-state index contributed by atoms with van der Waals surface area (Å²) in [7, 11) is 0. The number of aromatic carboxylic acids is 1. The Labute approximate surface area is 82.5 Å². The van der Waals surface area contributed by atoms with Gasteiger partial charge in [-0.2, -0.15) is 0 Å². The number of nitrogens with one attached hydrogen (secondary N) is 1. The molecule has 0 aliphatic carbocycles. The molecule has 0 atom stereocenters. The van der Waals surface area contributed by atoms with E-state index in [1.54, 1.807) is 12.1 Å². The van der Waals surface area contributed by atoms with Crippen LogP contribution in [0.2, 0.25) is 0 Å². The van der Waals surface area contributed by atoms with Crippen LogP contribution in [0.1, 0.15) is 23.7 Å². The smallest absolute Gasteiger partial charge is 0.335 e. The Morgan fingerprint density at radius 3 is 2.57 bits per heavy atom. The van der Waals surface area contributed by atoms with E-state index in [1.807, 2.05) is 6.92 Å². The van der Waals surface area contributed by atoms with Crippen LogP contribution in [0.15, 0.2) is 24.3 Å². The van der Waals surface area contributed by atoms with Gasteiger partial charge in [0.25, 0.3) is 0 Å². The number of benzene rings is 1. The molecule has 0 unspecified atom stereocenters. The van der Waals surface area contributed by atoms with E-state index < -0.39 is 5.97 Å². The number of carbonyl (C=O) groups is 1. The summed E-state index contributed by atoms with van der Waals surface area (Å²) >= 11 is 0. The maximum atomic E-state index is 10.5. The Hall–Kier alpha value is -1.55. The SMILES string of the molecule is CCCONc1ccc(C(=O)O)cc1. The maximum absolute atomic E-state index is 10.5. The molecule has 0 saturated heterocycles. The summed E-state index contributed by atoms with van der Waals surface area (Å²) in [6.07, 6.45) is 0.931. The summed E-state index contributed by atoms with van der Waals surface area (Å²) in [6.45, 7) is 2.63. The van der Waals surface area contributed by atoms with Gasteiger partial charge in [-0.1, -0.05) is 6.92 Å². The quantitative estimate of drug-likeness (QED) is 0.558. The van der Waals surface area contributed by atoms with Gasteiger partial charge in [0.2, 0.25) is 0 Å². The van der Waals surface area contributed by atoms with Gasteiger partial charge in [0.15, 0.2) is 0 Å². The zero-order chi connectivity index (χ0) is 10.4. The fraction of sp³-hybridized carbons (Fsp3) is 0.300. The number of carboxylic acids is 1. The highest BCUT2D eigenvalue weighted by Gasteiger charge is 2.00. The molecule has 0 spiro atoms.